The molecule has 1 N–H and O–H groups in total. The van der Waals surface area contributed by atoms with Crippen LogP contribution in [0.5, 0.6) is 0 Å². The highest BCUT2D eigenvalue weighted by atomic mass is 35.5. The highest BCUT2D eigenvalue weighted by Gasteiger charge is 2.20. The number of aryl methyl sites for hydroxylation is 1. The second kappa shape index (κ2) is 6.42. The third-order valence-electron chi connectivity index (χ3n) is 3.91. The van der Waals surface area contributed by atoms with E-state index in [0.717, 1.165) is 12.5 Å². The lowest BCUT2D eigenvalue weighted by atomic mass is 9.82. The van der Waals surface area contributed by atoms with Gasteiger partial charge in [-0.1, -0.05) is 24.9 Å². The van der Waals surface area contributed by atoms with Gasteiger partial charge in [0, 0.05) is 12.1 Å². The molecule has 5 heteroatoms. The van der Waals surface area contributed by atoms with Gasteiger partial charge in [-0.15, -0.1) is 0 Å². The molecule has 1 aromatic rings. The van der Waals surface area contributed by atoms with Gasteiger partial charge in [0.2, 0.25) is 11.1 Å². The molecule has 0 aliphatic heterocycles. The first-order chi connectivity index (χ1) is 9.06. The number of hydrogen-bond donors (Lipinski definition) is 1. The number of nitrogens with zero attached hydrogens (tertiary/aromatic N) is 1. The van der Waals surface area contributed by atoms with Gasteiger partial charge in [-0.25, -0.2) is 0 Å². The van der Waals surface area contributed by atoms with Gasteiger partial charge in [-0.3, -0.25) is 4.79 Å². The molecule has 1 aliphatic carbocycles. The molecule has 0 aromatic carbocycles. The fourth-order valence-electron chi connectivity index (χ4n) is 2.78. The topological polar surface area (TPSA) is 55.1 Å². The molecular formula is C14H21ClN2O2. The first-order valence-electron chi connectivity index (χ1n) is 6.93. The van der Waals surface area contributed by atoms with Crippen LogP contribution in [0.3, 0.4) is 0 Å². The molecule has 1 heterocycles. The van der Waals surface area contributed by atoms with E-state index in [1.807, 2.05) is 0 Å². The molecule has 1 aliphatic rings. The third kappa shape index (κ3) is 3.96. The van der Waals surface area contributed by atoms with Gasteiger partial charge >= 0.3 is 0 Å². The van der Waals surface area contributed by atoms with Gasteiger partial charge < -0.3 is 9.84 Å². The van der Waals surface area contributed by atoms with E-state index in [-0.39, 0.29) is 17.5 Å². The summed E-state index contributed by atoms with van der Waals surface area (Å²) in [7, 11) is 0. The van der Waals surface area contributed by atoms with Crippen LogP contribution in [0.25, 0.3) is 0 Å². The normalized spacial score (nSPS) is 23.3. The highest BCUT2D eigenvalue weighted by Crippen LogP contribution is 2.28. The third-order valence-corrected chi connectivity index (χ3v) is 4.20. The van der Waals surface area contributed by atoms with E-state index in [9.17, 15) is 4.79 Å². The molecule has 0 bridgehead atoms. The Labute approximate surface area is 118 Å². The summed E-state index contributed by atoms with van der Waals surface area (Å²) in [5, 5.41) is 6.96. The fraction of sp³-hybridized carbons (Fsp3) is 0.714. The van der Waals surface area contributed by atoms with Crippen molar-refractivity contribution in [2.45, 2.75) is 46.0 Å². The summed E-state index contributed by atoms with van der Waals surface area (Å²) in [5.41, 5.74) is 1.38. The molecule has 0 saturated heterocycles. The average Bonchev–Trinajstić information content (AvgIpc) is 2.68. The monoisotopic (exact) mass is 284 g/mol. The SMILES string of the molecule is Cc1noc(Cl)c1CC(=O)NC[C@H]1CCC[C@@H](C)C1. The van der Waals surface area contributed by atoms with Gasteiger partial charge in [0.1, 0.15) is 0 Å². The standard InChI is InChI=1S/C14H21ClN2O2/c1-9-4-3-5-11(6-9)8-16-13(18)7-12-10(2)17-19-14(12)15/h9,11H,3-8H2,1-2H3,(H,16,18)/t9-,11+/m1/s1. The maximum Gasteiger partial charge on any atom is 0.229 e. The van der Waals surface area contributed by atoms with Crippen molar-refractivity contribution < 1.29 is 9.32 Å². The van der Waals surface area contributed by atoms with E-state index in [4.69, 9.17) is 16.1 Å². The van der Waals surface area contributed by atoms with Crippen molar-refractivity contribution in [3.63, 3.8) is 0 Å². The van der Waals surface area contributed by atoms with E-state index in [1.165, 1.54) is 25.7 Å². The van der Waals surface area contributed by atoms with Crippen LogP contribution >= 0.6 is 11.6 Å². The molecule has 0 spiro atoms. The Bertz CT molecular complexity index is 425. The lowest BCUT2D eigenvalue weighted by Crippen LogP contribution is -2.32. The van der Waals surface area contributed by atoms with Gasteiger partial charge in [0.15, 0.2) is 0 Å². The van der Waals surface area contributed by atoms with Gasteiger partial charge in [0.25, 0.3) is 0 Å². The van der Waals surface area contributed by atoms with Crippen LogP contribution in [0.1, 0.15) is 43.9 Å². The van der Waals surface area contributed by atoms with Crippen LogP contribution in [0, 0.1) is 18.8 Å². The fourth-order valence-corrected chi connectivity index (χ4v) is 3.02. The van der Waals surface area contributed by atoms with Crippen LogP contribution in [-0.4, -0.2) is 17.6 Å². The summed E-state index contributed by atoms with van der Waals surface area (Å²) in [5.74, 6) is 1.39. The second-order valence-corrected chi connectivity index (χ2v) is 5.98. The van der Waals surface area contributed by atoms with E-state index in [0.29, 0.717) is 17.2 Å². The van der Waals surface area contributed by atoms with Crippen molar-refractivity contribution in [1.29, 1.82) is 0 Å². The smallest absolute Gasteiger partial charge is 0.229 e. The number of carbonyl (C=O) groups excluding carboxylic acids is 1. The van der Waals surface area contributed by atoms with Crippen LogP contribution < -0.4 is 5.32 Å². The van der Waals surface area contributed by atoms with Crippen molar-refractivity contribution in [2.24, 2.45) is 11.8 Å². The Kier molecular flexibility index (Phi) is 4.86. The maximum atomic E-state index is 11.9. The summed E-state index contributed by atoms with van der Waals surface area (Å²) >= 11 is 5.85. The summed E-state index contributed by atoms with van der Waals surface area (Å²) < 4.78 is 4.84. The number of halogens is 1. The zero-order valence-electron chi connectivity index (χ0n) is 11.5. The minimum absolute atomic E-state index is 0.00794. The first-order valence-corrected chi connectivity index (χ1v) is 7.31. The van der Waals surface area contributed by atoms with E-state index in [1.54, 1.807) is 6.92 Å². The summed E-state index contributed by atoms with van der Waals surface area (Å²) in [4.78, 5) is 11.9. The van der Waals surface area contributed by atoms with Crippen molar-refractivity contribution in [3.05, 3.63) is 16.5 Å². The van der Waals surface area contributed by atoms with E-state index in [2.05, 4.69) is 17.4 Å². The summed E-state index contributed by atoms with van der Waals surface area (Å²) in [6, 6.07) is 0. The van der Waals surface area contributed by atoms with Crippen molar-refractivity contribution in [3.8, 4) is 0 Å². The molecule has 1 saturated carbocycles. The number of nitrogens with one attached hydrogen (secondary N) is 1. The van der Waals surface area contributed by atoms with Crippen LogP contribution in [0.4, 0.5) is 0 Å². The molecule has 19 heavy (non-hydrogen) atoms. The van der Waals surface area contributed by atoms with Crippen molar-refractivity contribution >= 4 is 17.5 Å². The minimum Gasteiger partial charge on any atom is -0.356 e. The minimum atomic E-state index is -0.00794. The second-order valence-electron chi connectivity index (χ2n) is 5.64. The molecule has 2 rings (SSSR count). The lowest BCUT2D eigenvalue weighted by molar-refractivity contribution is -0.120. The van der Waals surface area contributed by atoms with E-state index >= 15 is 0 Å². The molecule has 1 amide bonds. The van der Waals surface area contributed by atoms with Crippen LogP contribution in [-0.2, 0) is 11.2 Å². The number of carbonyl (C=O) groups is 1. The number of amides is 1. The quantitative estimate of drug-likeness (QED) is 0.924. The Hall–Kier alpha value is -1.03. The van der Waals surface area contributed by atoms with Crippen LogP contribution in [0.15, 0.2) is 4.52 Å². The predicted octanol–water partition coefficient (Wildman–Crippen LogP) is 3.12. The average molecular weight is 285 g/mol. The van der Waals surface area contributed by atoms with Gasteiger partial charge in [-0.2, -0.15) is 0 Å². The maximum absolute atomic E-state index is 11.9. The molecule has 4 nitrogen and oxygen atoms in total. The van der Waals surface area contributed by atoms with Gasteiger partial charge in [0.05, 0.1) is 12.1 Å². The Morgan fingerprint density at radius 1 is 1.53 bits per heavy atom. The Morgan fingerprint density at radius 2 is 2.32 bits per heavy atom. The number of rotatable bonds is 4. The first kappa shape index (κ1) is 14.4. The predicted molar refractivity (Wildman–Crippen MR) is 74.1 cm³/mol. The zero-order chi connectivity index (χ0) is 13.8. The molecule has 106 valence electrons. The lowest BCUT2D eigenvalue weighted by Gasteiger charge is -2.26. The highest BCUT2D eigenvalue weighted by molar-refractivity contribution is 6.29. The Morgan fingerprint density at radius 3 is 2.95 bits per heavy atom. The van der Waals surface area contributed by atoms with E-state index < -0.39 is 0 Å². The molecule has 1 aromatic heterocycles. The van der Waals surface area contributed by atoms with Gasteiger partial charge in [-0.05, 0) is 43.2 Å². The van der Waals surface area contributed by atoms with Crippen molar-refractivity contribution in [1.82, 2.24) is 10.5 Å². The summed E-state index contributed by atoms with van der Waals surface area (Å²) in [6.45, 7) is 4.85. The number of hydrogen-bond acceptors (Lipinski definition) is 3. The molecule has 1 fully saturated rings. The molecule has 0 radical (unpaired) electrons. The summed E-state index contributed by atoms with van der Waals surface area (Å²) in [6.07, 6.45) is 5.28. The Balaban J connectivity index is 1.79. The molecule has 0 unspecified atom stereocenters. The molecular weight excluding hydrogens is 264 g/mol. The zero-order valence-corrected chi connectivity index (χ0v) is 12.3. The molecule has 2 atom stereocenters. The van der Waals surface area contributed by atoms with Crippen molar-refractivity contribution in [2.75, 3.05) is 6.54 Å². The van der Waals surface area contributed by atoms with Crippen LogP contribution in [0.2, 0.25) is 5.22 Å². The largest absolute Gasteiger partial charge is 0.356 e. The number of aromatic nitrogens is 1.